The van der Waals surface area contributed by atoms with Gasteiger partial charge in [0.2, 0.25) is 15.9 Å². The summed E-state index contributed by atoms with van der Waals surface area (Å²) in [6, 6.07) is 9.36. The van der Waals surface area contributed by atoms with Crippen LogP contribution in [0.25, 0.3) is 11.0 Å². The summed E-state index contributed by atoms with van der Waals surface area (Å²) >= 11 is 0. The minimum Gasteiger partial charge on any atom is -0.443 e. The summed E-state index contributed by atoms with van der Waals surface area (Å²) in [6.07, 6.45) is 1.56. The van der Waals surface area contributed by atoms with Crippen LogP contribution >= 0.6 is 0 Å². The molecule has 3 rings (SSSR count). The number of nitrogens with one attached hydrogen (secondary N) is 1. The summed E-state index contributed by atoms with van der Waals surface area (Å²) in [6.45, 7) is 7.43. The van der Waals surface area contributed by atoms with Crippen molar-refractivity contribution >= 4 is 44.4 Å². The number of amides is 1. The molecule has 0 saturated heterocycles. The van der Waals surface area contributed by atoms with Gasteiger partial charge in [0.05, 0.1) is 17.5 Å². The van der Waals surface area contributed by atoms with Crippen LogP contribution in [0.1, 0.15) is 56.5 Å². The molecule has 1 aromatic heterocycles. The van der Waals surface area contributed by atoms with Gasteiger partial charge in [-0.05, 0) is 69.7 Å². The highest BCUT2D eigenvalue weighted by atomic mass is 32.2. The number of anilines is 2. The minimum absolute atomic E-state index is 0.0108. The summed E-state index contributed by atoms with van der Waals surface area (Å²) < 4.78 is 50.2. The number of carbonyl (C=O) groups is 2. The van der Waals surface area contributed by atoms with Crippen LogP contribution in [0.3, 0.4) is 0 Å². The Kier molecular flexibility index (Phi) is 7.54. The van der Waals surface area contributed by atoms with Gasteiger partial charge in [0.25, 0.3) is 0 Å². The Morgan fingerprint density at radius 2 is 1.77 bits per heavy atom. The second kappa shape index (κ2) is 10.1. The van der Waals surface area contributed by atoms with Gasteiger partial charge >= 0.3 is 6.09 Å². The van der Waals surface area contributed by atoms with Gasteiger partial charge in [-0.1, -0.05) is 13.3 Å². The van der Waals surface area contributed by atoms with E-state index in [0.717, 1.165) is 19.1 Å². The Labute approximate surface area is 204 Å². The maximum Gasteiger partial charge on any atom is 0.428 e. The molecule has 35 heavy (non-hydrogen) atoms. The monoisotopic (exact) mass is 504 g/mol. The lowest BCUT2D eigenvalue weighted by atomic mass is 10.0. The molecule has 0 bridgehead atoms. The second-order valence-corrected chi connectivity index (χ2v) is 10.9. The SMILES string of the molecule is CCCCNc1oc2ccc(N(C(=O)OC(C)(C)C)S(C)(=O)=O)cc2c1C(=O)c1ccc(F)cc1. The molecule has 1 amide bonds. The van der Waals surface area contributed by atoms with Crippen molar-refractivity contribution in [2.24, 2.45) is 0 Å². The van der Waals surface area contributed by atoms with Crippen LogP contribution < -0.4 is 9.62 Å². The van der Waals surface area contributed by atoms with E-state index in [0.29, 0.717) is 21.8 Å². The first-order valence-electron chi connectivity index (χ1n) is 11.2. The van der Waals surface area contributed by atoms with E-state index in [2.05, 4.69) is 5.32 Å². The van der Waals surface area contributed by atoms with E-state index in [1.807, 2.05) is 6.92 Å². The molecule has 0 unspecified atom stereocenters. The molecule has 8 nitrogen and oxygen atoms in total. The molecular formula is C25H29FN2O6S. The van der Waals surface area contributed by atoms with Gasteiger partial charge < -0.3 is 14.5 Å². The molecule has 0 aliphatic carbocycles. The maximum absolute atomic E-state index is 13.4. The lowest BCUT2D eigenvalue weighted by molar-refractivity contribution is 0.0609. The lowest BCUT2D eigenvalue weighted by Gasteiger charge is -2.25. The van der Waals surface area contributed by atoms with Crippen LogP contribution in [0.2, 0.25) is 0 Å². The fourth-order valence-corrected chi connectivity index (χ4v) is 4.23. The number of ether oxygens (including phenoxy) is 1. The van der Waals surface area contributed by atoms with Crippen molar-refractivity contribution in [2.75, 3.05) is 22.4 Å². The number of hydrogen-bond acceptors (Lipinski definition) is 7. The predicted octanol–water partition coefficient (Wildman–Crippen LogP) is 5.72. The van der Waals surface area contributed by atoms with E-state index < -0.39 is 33.3 Å². The first kappa shape index (κ1) is 26.2. The number of sulfonamides is 1. The van der Waals surface area contributed by atoms with E-state index in [1.54, 1.807) is 20.8 Å². The van der Waals surface area contributed by atoms with E-state index in [1.165, 1.54) is 42.5 Å². The largest absolute Gasteiger partial charge is 0.443 e. The fraction of sp³-hybridized carbons (Fsp3) is 0.360. The average molecular weight is 505 g/mol. The van der Waals surface area contributed by atoms with Crippen molar-refractivity contribution in [3.63, 3.8) is 0 Å². The zero-order valence-electron chi connectivity index (χ0n) is 20.3. The van der Waals surface area contributed by atoms with Crippen LogP contribution in [-0.2, 0) is 14.8 Å². The Balaban J connectivity index is 2.18. The number of fused-ring (bicyclic) bond motifs is 1. The number of unbranched alkanes of at least 4 members (excludes halogenated alkanes) is 1. The van der Waals surface area contributed by atoms with E-state index >= 15 is 0 Å². The highest BCUT2D eigenvalue weighted by Gasteiger charge is 2.32. The molecule has 0 radical (unpaired) electrons. The third kappa shape index (κ3) is 6.19. The van der Waals surface area contributed by atoms with Crippen molar-refractivity contribution in [3.05, 3.63) is 59.4 Å². The van der Waals surface area contributed by atoms with E-state index in [-0.39, 0.29) is 22.7 Å². The van der Waals surface area contributed by atoms with Crippen molar-refractivity contribution in [3.8, 4) is 0 Å². The highest BCUT2D eigenvalue weighted by Crippen LogP contribution is 2.35. The lowest BCUT2D eigenvalue weighted by Crippen LogP contribution is -2.40. The number of furan rings is 1. The Morgan fingerprint density at radius 3 is 2.34 bits per heavy atom. The number of ketones is 1. The first-order chi connectivity index (χ1) is 16.3. The highest BCUT2D eigenvalue weighted by molar-refractivity contribution is 7.92. The van der Waals surface area contributed by atoms with Crippen LogP contribution in [0.4, 0.5) is 20.8 Å². The molecule has 188 valence electrons. The number of hydrogen-bond donors (Lipinski definition) is 1. The molecule has 1 heterocycles. The Bertz CT molecular complexity index is 1340. The number of benzene rings is 2. The first-order valence-corrected chi connectivity index (χ1v) is 13.0. The number of rotatable bonds is 8. The number of carbonyl (C=O) groups excluding carboxylic acids is 2. The van der Waals surface area contributed by atoms with Gasteiger partial charge in [-0.2, -0.15) is 4.31 Å². The quantitative estimate of drug-likeness (QED) is 0.309. The number of nitrogens with zero attached hydrogens (tertiary/aromatic N) is 1. The molecule has 0 aliphatic heterocycles. The summed E-state index contributed by atoms with van der Waals surface area (Å²) in [4.78, 5) is 26.2. The molecule has 2 aromatic carbocycles. The maximum atomic E-state index is 13.4. The van der Waals surface area contributed by atoms with Gasteiger partial charge in [0, 0.05) is 17.5 Å². The van der Waals surface area contributed by atoms with Gasteiger partial charge in [-0.3, -0.25) is 4.79 Å². The van der Waals surface area contributed by atoms with Gasteiger partial charge in [-0.25, -0.2) is 17.6 Å². The Morgan fingerprint density at radius 1 is 1.11 bits per heavy atom. The molecule has 0 spiro atoms. The van der Waals surface area contributed by atoms with Crippen LogP contribution in [0.5, 0.6) is 0 Å². The Hall–Kier alpha value is -3.40. The van der Waals surface area contributed by atoms with Crippen molar-refractivity contribution < 1.29 is 31.6 Å². The molecule has 1 N–H and O–H groups in total. The summed E-state index contributed by atoms with van der Waals surface area (Å²) in [5.74, 6) is -0.713. The predicted molar refractivity (Wildman–Crippen MR) is 133 cm³/mol. The van der Waals surface area contributed by atoms with Crippen LogP contribution in [0.15, 0.2) is 46.9 Å². The van der Waals surface area contributed by atoms with Crippen molar-refractivity contribution in [1.29, 1.82) is 0 Å². The third-order valence-corrected chi connectivity index (χ3v) is 5.97. The second-order valence-electron chi connectivity index (χ2n) is 9.11. The smallest absolute Gasteiger partial charge is 0.428 e. The normalized spacial score (nSPS) is 11.9. The van der Waals surface area contributed by atoms with Crippen molar-refractivity contribution in [1.82, 2.24) is 0 Å². The zero-order valence-corrected chi connectivity index (χ0v) is 21.2. The average Bonchev–Trinajstić information content (AvgIpc) is 3.09. The summed E-state index contributed by atoms with van der Waals surface area (Å²) in [5, 5.41) is 3.41. The molecule has 0 saturated carbocycles. The van der Waals surface area contributed by atoms with Gasteiger partial charge in [0.15, 0.2) is 5.78 Å². The fourth-order valence-electron chi connectivity index (χ4n) is 3.42. The van der Waals surface area contributed by atoms with Crippen LogP contribution in [-0.4, -0.2) is 38.7 Å². The standard InChI is InChI=1S/C25H29FN2O6S/c1-6-7-14-27-23-21(22(29)16-8-10-17(26)11-9-16)19-15-18(12-13-20(19)33-23)28(35(5,31)32)24(30)34-25(2,3)4/h8-13,15,27H,6-7,14H2,1-5H3. The van der Waals surface area contributed by atoms with Gasteiger partial charge in [-0.15, -0.1) is 0 Å². The molecular weight excluding hydrogens is 475 g/mol. The van der Waals surface area contributed by atoms with Crippen LogP contribution in [0, 0.1) is 5.82 Å². The summed E-state index contributed by atoms with van der Waals surface area (Å²) in [5.41, 5.74) is -0.244. The van der Waals surface area contributed by atoms with Gasteiger partial charge in [0.1, 0.15) is 17.0 Å². The molecule has 0 fully saturated rings. The van der Waals surface area contributed by atoms with Crippen molar-refractivity contribution in [2.45, 2.75) is 46.1 Å². The minimum atomic E-state index is -4.07. The molecule has 0 aliphatic rings. The molecule has 0 atom stereocenters. The number of halogens is 1. The topological polar surface area (TPSA) is 106 Å². The zero-order chi connectivity index (χ0) is 26.0. The third-order valence-electron chi connectivity index (χ3n) is 4.95. The molecule has 10 heteroatoms. The molecule has 3 aromatic rings. The van der Waals surface area contributed by atoms with E-state index in [9.17, 15) is 22.4 Å². The summed E-state index contributed by atoms with van der Waals surface area (Å²) in [7, 11) is -4.07. The van der Waals surface area contributed by atoms with E-state index in [4.69, 9.17) is 9.15 Å².